The quantitative estimate of drug-likeness (QED) is 0.375. The number of nitrogens with one attached hydrogen (secondary N) is 2. The van der Waals surface area contributed by atoms with Crippen LogP contribution in [0.4, 0.5) is 0 Å². The van der Waals surface area contributed by atoms with Gasteiger partial charge in [0.15, 0.2) is 0 Å². The third-order valence-electron chi connectivity index (χ3n) is 1.26. The van der Waals surface area contributed by atoms with E-state index in [1.807, 2.05) is 4.98 Å². The molecule has 0 saturated heterocycles. The number of Topliss-reactive ketones (excluding diaryl/α,β-unsaturated/α-hetero) is 1. The number of aliphatic carboxylic acids is 1. The van der Waals surface area contributed by atoms with Gasteiger partial charge >= 0.3 is 11.7 Å². The Morgan fingerprint density at radius 2 is 1.92 bits per heavy atom. The molecule has 1 heterocycles. The molecule has 0 radical (unpaired) electrons. The SMILES string of the molecule is O=C(O)C(=O)c1c[nH]c(=O)[nH]c1=O. The molecule has 68 valence electrons. The maximum absolute atomic E-state index is 10.8. The van der Waals surface area contributed by atoms with Crippen molar-refractivity contribution in [3.05, 3.63) is 32.6 Å². The fraction of sp³-hybridized carbons (Fsp3) is 0. The predicted octanol–water partition coefficient (Wildman–Crippen LogP) is -1.67. The molecular weight excluding hydrogens is 180 g/mol. The van der Waals surface area contributed by atoms with Crippen molar-refractivity contribution >= 4 is 11.8 Å². The van der Waals surface area contributed by atoms with Crippen LogP contribution in [-0.2, 0) is 4.79 Å². The van der Waals surface area contributed by atoms with Gasteiger partial charge in [-0.2, -0.15) is 0 Å². The summed E-state index contributed by atoms with van der Waals surface area (Å²) in [4.78, 5) is 45.9. The summed E-state index contributed by atoms with van der Waals surface area (Å²) in [5.41, 5.74) is -2.42. The normalized spacial score (nSPS) is 9.54. The molecule has 0 aromatic carbocycles. The molecule has 7 heteroatoms. The summed E-state index contributed by atoms with van der Waals surface area (Å²) in [5, 5.41) is 8.23. The number of hydrogen-bond acceptors (Lipinski definition) is 4. The lowest BCUT2D eigenvalue weighted by Gasteiger charge is -1.91. The number of aromatic nitrogens is 2. The number of aromatic amines is 2. The first-order valence-electron chi connectivity index (χ1n) is 3.12. The number of H-pyrrole nitrogens is 2. The minimum Gasteiger partial charge on any atom is -0.475 e. The molecule has 0 bridgehead atoms. The van der Waals surface area contributed by atoms with E-state index in [9.17, 15) is 19.2 Å². The highest BCUT2D eigenvalue weighted by molar-refractivity contribution is 6.39. The van der Waals surface area contributed by atoms with E-state index in [0.29, 0.717) is 0 Å². The Hall–Kier alpha value is -2.18. The van der Waals surface area contributed by atoms with Gasteiger partial charge in [-0.25, -0.2) is 9.59 Å². The zero-order valence-corrected chi connectivity index (χ0v) is 6.16. The van der Waals surface area contributed by atoms with Crippen molar-refractivity contribution in [3.8, 4) is 0 Å². The van der Waals surface area contributed by atoms with Crippen LogP contribution in [-0.4, -0.2) is 26.8 Å². The van der Waals surface area contributed by atoms with E-state index in [0.717, 1.165) is 6.20 Å². The van der Waals surface area contributed by atoms with Crippen molar-refractivity contribution in [2.24, 2.45) is 0 Å². The van der Waals surface area contributed by atoms with Gasteiger partial charge in [0.1, 0.15) is 5.56 Å². The molecule has 0 aliphatic carbocycles. The number of carboxylic acid groups (broad SMARTS) is 1. The molecular formula is C6H4N2O5. The molecule has 7 nitrogen and oxygen atoms in total. The van der Waals surface area contributed by atoms with Gasteiger partial charge in [-0.3, -0.25) is 14.6 Å². The molecule has 0 aliphatic heterocycles. The molecule has 1 rings (SSSR count). The fourth-order valence-corrected chi connectivity index (χ4v) is 0.694. The highest BCUT2D eigenvalue weighted by Crippen LogP contribution is 1.87. The Balaban J connectivity index is 3.33. The van der Waals surface area contributed by atoms with Gasteiger partial charge in [0.2, 0.25) is 0 Å². The van der Waals surface area contributed by atoms with Crippen LogP contribution in [0.1, 0.15) is 10.4 Å². The summed E-state index contributed by atoms with van der Waals surface area (Å²) < 4.78 is 0. The zero-order chi connectivity index (χ0) is 10.0. The van der Waals surface area contributed by atoms with Gasteiger partial charge in [0, 0.05) is 6.20 Å². The Morgan fingerprint density at radius 3 is 2.38 bits per heavy atom. The first-order valence-corrected chi connectivity index (χ1v) is 3.12. The van der Waals surface area contributed by atoms with Gasteiger partial charge < -0.3 is 10.1 Å². The molecule has 0 unspecified atom stereocenters. The van der Waals surface area contributed by atoms with E-state index < -0.39 is 28.6 Å². The number of carboxylic acids is 1. The average molecular weight is 184 g/mol. The standard InChI is InChI=1S/C6H4N2O5/c9-3(5(11)12)2-1-7-6(13)8-4(2)10/h1H,(H,11,12)(H2,7,8,10,13). The Morgan fingerprint density at radius 1 is 1.31 bits per heavy atom. The van der Waals surface area contributed by atoms with Crippen molar-refractivity contribution in [1.82, 2.24) is 9.97 Å². The molecule has 0 fully saturated rings. The van der Waals surface area contributed by atoms with Crippen LogP contribution in [0, 0.1) is 0 Å². The van der Waals surface area contributed by atoms with Crippen LogP contribution in [0.15, 0.2) is 15.8 Å². The molecule has 0 amide bonds. The lowest BCUT2D eigenvalue weighted by atomic mass is 10.2. The number of ketones is 1. The Labute approximate surface area is 70.0 Å². The number of hydrogen-bond donors (Lipinski definition) is 3. The Bertz CT molecular complexity index is 468. The van der Waals surface area contributed by atoms with E-state index in [-0.39, 0.29) is 0 Å². The second-order valence-corrected chi connectivity index (χ2v) is 2.12. The van der Waals surface area contributed by atoms with E-state index >= 15 is 0 Å². The summed E-state index contributed by atoms with van der Waals surface area (Å²) >= 11 is 0. The van der Waals surface area contributed by atoms with Gasteiger partial charge in [0.25, 0.3) is 11.3 Å². The highest BCUT2D eigenvalue weighted by Gasteiger charge is 2.18. The molecule has 0 atom stereocenters. The largest absolute Gasteiger partial charge is 0.475 e. The van der Waals surface area contributed by atoms with E-state index in [1.165, 1.54) is 0 Å². The van der Waals surface area contributed by atoms with Gasteiger partial charge in [-0.15, -0.1) is 0 Å². The van der Waals surface area contributed by atoms with E-state index in [1.54, 1.807) is 4.98 Å². The van der Waals surface area contributed by atoms with Crippen LogP contribution >= 0.6 is 0 Å². The first kappa shape index (κ1) is 8.91. The van der Waals surface area contributed by atoms with Crippen LogP contribution in [0.5, 0.6) is 0 Å². The molecule has 1 aromatic rings. The topological polar surface area (TPSA) is 120 Å². The van der Waals surface area contributed by atoms with E-state index in [2.05, 4.69) is 0 Å². The molecule has 13 heavy (non-hydrogen) atoms. The summed E-state index contributed by atoms with van der Waals surface area (Å²) in [7, 11) is 0. The van der Waals surface area contributed by atoms with Crippen LogP contribution in [0.3, 0.4) is 0 Å². The highest BCUT2D eigenvalue weighted by atomic mass is 16.4. The lowest BCUT2D eigenvalue weighted by Crippen LogP contribution is -2.29. The summed E-state index contributed by atoms with van der Waals surface area (Å²) in [6.07, 6.45) is 0.762. The van der Waals surface area contributed by atoms with Gasteiger partial charge in [-0.1, -0.05) is 0 Å². The van der Waals surface area contributed by atoms with Crippen molar-refractivity contribution in [2.75, 3.05) is 0 Å². The monoisotopic (exact) mass is 184 g/mol. The van der Waals surface area contributed by atoms with Crippen molar-refractivity contribution in [3.63, 3.8) is 0 Å². The smallest absolute Gasteiger partial charge is 0.377 e. The fourth-order valence-electron chi connectivity index (χ4n) is 0.694. The average Bonchev–Trinajstić information content (AvgIpc) is 2.03. The number of rotatable bonds is 2. The summed E-state index contributed by atoms with van der Waals surface area (Å²) in [6, 6.07) is 0. The molecule has 0 aliphatic rings. The maximum atomic E-state index is 10.8. The van der Waals surface area contributed by atoms with Crippen molar-refractivity contribution in [2.45, 2.75) is 0 Å². The summed E-state index contributed by atoms with van der Waals surface area (Å²) in [6.45, 7) is 0. The van der Waals surface area contributed by atoms with Crippen molar-refractivity contribution in [1.29, 1.82) is 0 Å². The molecule has 0 spiro atoms. The maximum Gasteiger partial charge on any atom is 0.377 e. The molecule has 3 N–H and O–H groups in total. The lowest BCUT2D eigenvalue weighted by molar-refractivity contribution is -0.131. The number of carbonyl (C=O) groups excluding carboxylic acids is 1. The third kappa shape index (κ3) is 1.70. The van der Waals surface area contributed by atoms with Gasteiger partial charge in [0.05, 0.1) is 0 Å². The zero-order valence-electron chi connectivity index (χ0n) is 6.16. The minimum atomic E-state index is -1.75. The number of carbonyl (C=O) groups is 2. The van der Waals surface area contributed by atoms with E-state index in [4.69, 9.17) is 5.11 Å². The third-order valence-corrected chi connectivity index (χ3v) is 1.26. The summed E-state index contributed by atoms with van der Waals surface area (Å²) in [5.74, 6) is -3.12. The van der Waals surface area contributed by atoms with Gasteiger partial charge in [-0.05, 0) is 0 Å². The van der Waals surface area contributed by atoms with Crippen LogP contribution < -0.4 is 11.2 Å². The molecule has 0 saturated carbocycles. The minimum absolute atomic E-state index is 0.605. The Kier molecular flexibility index (Phi) is 2.09. The van der Waals surface area contributed by atoms with Crippen LogP contribution in [0.2, 0.25) is 0 Å². The van der Waals surface area contributed by atoms with Crippen LogP contribution in [0.25, 0.3) is 0 Å². The first-order chi connectivity index (χ1) is 6.02. The van der Waals surface area contributed by atoms with Crippen molar-refractivity contribution < 1.29 is 14.7 Å². The molecule has 1 aromatic heterocycles. The predicted molar refractivity (Wildman–Crippen MR) is 39.6 cm³/mol. The second kappa shape index (κ2) is 3.05. The second-order valence-electron chi connectivity index (χ2n) is 2.12.